The van der Waals surface area contributed by atoms with Crippen LogP contribution in [0.4, 0.5) is 23.2 Å². The minimum absolute atomic E-state index is 0.114. The SMILES string of the molecule is C/C=C1\OCC(c2cc(F)cc(C(F)(F)F)c2)N1c1ccc(Cl)cc1. The Hall–Kier alpha value is -2.21. The normalized spacial score (nSPS) is 19.4. The first-order valence-electron chi connectivity index (χ1n) is 7.51. The summed E-state index contributed by atoms with van der Waals surface area (Å²) in [5, 5.41) is 0.535. The zero-order valence-electron chi connectivity index (χ0n) is 13.1. The van der Waals surface area contributed by atoms with Crippen LogP contribution in [-0.2, 0) is 10.9 Å². The maximum atomic E-state index is 13.8. The Bertz CT molecular complexity index is 802. The van der Waals surface area contributed by atoms with Crippen LogP contribution in [0.25, 0.3) is 0 Å². The molecule has 0 spiro atoms. The smallest absolute Gasteiger partial charge is 0.416 e. The molecule has 1 fully saturated rings. The number of nitrogens with zero attached hydrogens (tertiary/aromatic N) is 1. The van der Waals surface area contributed by atoms with E-state index in [4.69, 9.17) is 16.3 Å². The van der Waals surface area contributed by atoms with Gasteiger partial charge in [-0.2, -0.15) is 13.2 Å². The minimum atomic E-state index is -4.62. The summed E-state index contributed by atoms with van der Waals surface area (Å²) in [4.78, 5) is 1.73. The van der Waals surface area contributed by atoms with E-state index in [9.17, 15) is 17.6 Å². The molecule has 2 nitrogen and oxygen atoms in total. The molecule has 0 aliphatic carbocycles. The predicted octanol–water partition coefficient (Wildman–Crippen LogP) is 5.94. The van der Waals surface area contributed by atoms with E-state index < -0.39 is 23.6 Å². The van der Waals surface area contributed by atoms with Gasteiger partial charge in [-0.3, -0.25) is 0 Å². The summed E-state index contributed by atoms with van der Waals surface area (Å²) in [5.41, 5.74) is -0.135. The molecule has 25 heavy (non-hydrogen) atoms. The van der Waals surface area contributed by atoms with Gasteiger partial charge >= 0.3 is 6.18 Å². The molecule has 1 unspecified atom stereocenters. The predicted molar refractivity (Wildman–Crippen MR) is 87.8 cm³/mol. The fourth-order valence-corrected chi connectivity index (χ4v) is 2.93. The number of hydrogen-bond acceptors (Lipinski definition) is 2. The van der Waals surface area contributed by atoms with Gasteiger partial charge in [0.2, 0.25) is 0 Å². The molecule has 132 valence electrons. The van der Waals surface area contributed by atoms with Crippen molar-refractivity contribution in [1.29, 1.82) is 0 Å². The fraction of sp³-hybridized carbons (Fsp3) is 0.222. The maximum Gasteiger partial charge on any atom is 0.416 e. The van der Waals surface area contributed by atoms with Crippen molar-refractivity contribution in [3.8, 4) is 0 Å². The van der Waals surface area contributed by atoms with E-state index in [1.807, 2.05) is 0 Å². The second-order valence-corrected chi connectivity index (χ2v) is 6.01. The van der Waals surface area contributed by atoms with Crippen LogP contribution < -0.4 is 4.90 Å². The zero-order chi connectivity index (χ0) is 18.2. The molecule has 1 heterocycles. The standard InChI is InChI=1S/C18H14ClF4NO/c1-2-17-24(15-5-3-13(19)4-6-15)16(10-25-17)11-7-12(18(21,22)23)9-14(20)8-11/h2-9,16H,10H2,1H3/b17-2-. The summed E-state index contributed by atoms with van der Waals surface area (Å²) in [5.74, 6) is -0.444. The van der Waals surface area contributed by atoms with Gasteiger partial charge in [0.1, 0.15) is 12.4 Å². The molecule has 1 atom stereocenters. The Kier molecular flexibility index (Phi) is 4.64. The summed E-state index contributed by atoms with van der Waals surface area (Å²) in [7, 11) is 0. The number of rotatable bonds is 2. The van der Waals surface area contributed by atoms with Crippen molar-refractivity contribution in [3.05, 3.63) is 76.4 Å². The molecule has 0 amide bonds. The van der Waals surface area contributed by atoms with Gasteiger partial charge in [-0.25, -0.2) is 4.39 Å². The van der Waals surface area contributed by atoms with E-state index in [1.54, 1.807) is 42.2 Å². The first kappa shape index (κ1) is 17.6. The largest absolute Gasteiger partial charge is 0.476 e. The van der Waals surface area contributed by atoms with Crippen LogP contribution >= 0.6 is 11.6 Å². The highest BCUT2D eigenvalue weighted by Crippen LogP contribution is 2.39. The lowest BCUT2D eigenvalue weighted by Crippen LogP contribution is -2.23. The summed E-state index contributed by atoms with van der Waals surface area (Å²) >= 11 is 5.89. The molecule has 1 aliphatic rings. The highest BCUT2D eigenvalue weighted by molar-refractivity contribution is 6.30. The first-order valence-corrected chi connectivity index (χ1v) is 7.89. The number of ether oxygens (including phenoxy) is 1. The highest BCUT2D eigenvalue weighted by Gasteiger charge is 2.36. The molecule has 2 aromatic carbocycles. The molecule has 7 heteroatoms. The van der Waals surface area contributed by atoms with Crippen LogP contribution in [0.5, 0.6) is 0 Å². The van der Waals surface area contributed by atoms with Gasteiger partial charge in [-0.1, -0.05) is 11.6 Å². The molecule has 0 radical (unpaired) electrons. The van der Waals surface area contributed by atoms with Crippen molar-refractivity contribution in [1.82, 2.24) is 0 Å². The zero-order valence-corrected chi connectivity index (χ0v) is 13.9. The minimum Gasteiger partial charge on any atom is -0.476 e. The lowest BCUT2D eigenvalue weighted by atomic mass is 10.0. The number of hydrogen-bond donors (Lipinski definition) is 0. The molecule has 3 rings (SSSR count). The summed E-state index contributed by atoms with van der Waals surface area (Å²) < 4.78 is 58.4. The van der Waals surface area contributed by atoms with Crippen molar-refractivity contribution >= 4 is 17.3 Å². The van der Waals surface area contributed by atoms with Gasteiger partial charge in [0.25, 0.3) is 0 Å². The van der Waals surface area contributed by atoms with E-state index in [2.05, 4.69) is 0 Å². The summed E-state index contributed by atoms with van der Waals surface area (Å²) in [6, 6.07) is 8.78. The van der Waals surface area contributed by atoms with E-state index in [1.165, 1.54) is 0 Å². The van der Waals surface area contributed by atoms with Crippen LogP contribution in [0, 0.1) is 5.82 Å². The highest BCUT2D eigenvalue weighted by atomic mass is 35.5. The fourth-order valence-electron chi connectivity index (χ4n) is 2.81. The van der Waals surface area contributed by atoms with Gasteiger partial charge in [0.05, 0.1) is 11.6 Å². The summed E-state index contributed by atoms with van der Waals surface area (Å²) in [6.45, 7) is 1.87. The Morgan fingerprint density at radius 2 is 1.84 bits per heavy atom. The van der Waals surface area contributed by atoms with Gasteiger partial charge in [-0.15, -0.1) is 0 Å². The average Bonchev–Trinajstić information content (AvgIpc) is 2.98. The van der Waals surface area contributed by atoms with Gasteiger partial charge < -0.3 is 9.64 Å². The first-order chi connectivity index (χ1) is 11.8. The molecular weight excluding hydrogens is 358 g/mol. The maximum absolute atomic E-state index is 13.8. The second kappa shape index (κ2) is 6.59. The molecule has 0 N–H and O–H groups in total. The van der Waals surface area contributed by atoms with Crippen molar-refractivity contribution in [2.45, 2.75) is 19.1 Å². The van der Waals surface area contributed by atoms with Crippen LogP contribution in [0.3, 0.4) is 0 Å². The molecular formula is C18H14ClF4NO. The van der Waals surface area contributed by atoms with Gasteiger partial charge in [-0.05, 0) is 61.0 Å². The molecule has 2 aromatic rings. The Balaban J connectivity index is 2.06. The molecule has 1 saturated heterocycles. The van der Waals surface area contributed by atoms with Crippen LogP contribution in [0.1, 0.15) is 24.1 Å². The number of halogens is 5. The Morgan fingerprint density at radius 3 is 2.44 bits per heavy atom. The molecule has 0 bridgehead atoms. The quantitative estimate of drug-likeness (QED) is 0.606. The van der Waals surface area contributed by atoms with Crippen LogP contribution in [0.2, 0.25) is 5.02 Å². The van der Waals surface area contributed by atoms with E-state index in [0.29, 0.717) is 22.7 Å². The third kappa shape index (κ3) is 3.58. The third-order valence-corrected chi connectivity index (χ3v) is 4.17. The number of anilines is 1. The molecule has 1 aliphatic heterocycles. The van der Waals surface area contributed by atoms with Crippen molar-refractivity contribution < 1.29 is 22.3 Å². The van der Waals surface area contributed by atoms with E-state index in [-0.39, 0.29) is 12.2 Å². The number of benzene rings is 2. The van der Waals surface area contributed by atoms with Crippen molar-refractivity contribution in [2.24, 2.45) is 0 Å². The Labute approximate surface area is 147 Å². The van der Waals surface area contributed by atoms with E-state index >= 15 is 0 Å². The average molecular weight is 372 g/mol. The van der Waals surface area contributed by atoms with Crippen LogP contribution in [-0.4, -0.2) is 6.61 Å². The number of alkyl halides is 3. The lowest BCUT2D eigenvalue weighted by molar-refractivity contribution is -0.137. The topological polar surface area (TPSA) is 12.5 Å². The monoisotopic (exact) mass is 371 g/mol. The lowest BCUT2D eigenvalue weighted by Gasteiger charge is -2.25. The van der Waals surface area contributed by atoms with Crippen LogP contribution in [0.15, 0.2) is 54.4 Å². The van der Waals surface area contributed by atoms with E-state index in [0.717, 1.165) is 12.1 Å². The Morgan fingerprint density at radius 1 is 1.16 bits per heavy atom. The molecule has 0 aromatic heterocycles. The summed E-state index contributed by atoms with van der Waals surface area (Å²) in [6.07, 6.45) is -2.91. The van der Waals surface area contributed by atoms with Gasteiger partial charge in [0.15, 0.2) is 5.88 Å². The van der Waals surface area contributed by atoms with Crippen molar-refractivity contribution in [3.63, 3.8) is 0 Å². The third-order valence-electron chi connectivity index (χ3n) is 3.92. The van der Waals surface area contributed by atoms with Crippen molar-refractivity contribution in [2.75, 3.05) is 11.5 Å². The van der Waals surface area contributed by atoms with Gasteiger partial charge in [0, 0.05) is 10.7 Å². The number of allylic oxidation sites excluding steroid dienone is 1. The molecule has 0 saturated carbocycles. The second-order valence-electron chi connectivity index (χ2n) is 5.57.